The summed E-state index contributed by atoms with van der Waals surface area (Å²) >= 11 is 0. The van der Waals surface area contributed by atoms with Gasteiger partial charge < -0.3 is 15.3 Å². The van der Waals surface area contributed by atoms with E-state index < -0.39 is 0 Å². The number of benzene rings is 1. The van der Waals surface area contributed by atoms with Crippen LogP contribution in [0.25, 0.3) is 11.3 Å². The number of rotatable bonds is 5. The van der Waals surface area contributed by atoms with E-state index in [2.05, 4.69) is 34.6 Å². The number of aryl methyl sites for hydroxylation is 1. The Bertz CT molecular complexity index is 784. The van der Waals surface area contributed by atoms with Crippen LogP contribution in [0.4, 0.5) is 0 Å². The SMILES string of the molecule is CCc1ccc(-c2cc(C(=O)N3CC(CO)C(NC(C)=O)C3)[nH]n2)cc1. The Hall–Kier alpha value is -2.67. The lowest BCUT2D eigenvalue weighted by molar-refractivity contribution is -0.119. The van der Waals surface area contributed by atoms with Crippen molar-refractivity contribution in [1.82, 2.24) is 20.4 Å². The number of H-pyrrole nitrogens is 1. The first kappa shape index (κ1) is 18.1. The highest BCUT2D eigenvalue weighted by atomic mass is 16.3. The molecule has 2 atom stereocenters. The average molecular weight is 356 g/mol. The minimum absolute atomic E-state index is 0.0767. The topological polar surface area (TPSA) is 98.3 Å². The monoisotopic (exact) mass is 356 g/mol. The predicted octanol–water partition coefficient (Wildman–Crippen LogP) is 1.21. The van der Waals surface area contributed by atoms with Gasteiger partial charge in [0.25, 0.3) is 5.91 Å². The molecule has 1 aliphatic heterocycles. The smallest absolute Gasteiger partial charge is 0.271 e. The molecule has 3 rings (SSSR count). The lowest BCUT2D eigenvalue weighted by Crippen LogP contribution is -2.40. The molecule has 3 N–H and O–H groups in total. The van der Waals surface area contributed by atoms with E-state index in [1.54, 1.807) is 11.0 Å². The molecule has 0 spiro atoms. The quantitative estimate of drug-likeness (QED) is 0.750. The van der Waals surface area contributed by atoms with Gasteiger partial charge in [0.2, 0.25) is 5.91 Å². The van der Waals surface area contributed by atoms with E-state index in [1.165, 1.54) is 12.5 Å². The second-order valence-electron chi connectivity index (χ2n) is 6.68. The number of amides is 2. The molecule has 2 heterocycles. The van der Waals surface area contributed by atoms with Gasteiger partial charge in [-0.2, -0.15) is 5.10 Å². The lowest BCUT2D eigenvalue weighted by atomic mass is 10.1. The molecule has 2 unspecified atom stereocenters. The minimum Gasteiger partial charge on any atom is -0.396 e. The highest BCUT2D eigenvalue weighted by molar-refractivity contribution is 5.93. The van der Waals surface area contributed by atoms with Crippen molar-refractivity contribution in [3.63, 3.8) is 0 Å². The van der Waals surface area contributed by atoms with Crippen LogP contribution in [-0.4, -0.2) is 57.8 Å². The number of aromatic nitrogens is 2. The predicted molar refractivity (Wildman–Crippen MR) is 97.5 cm³/mol. The van der Waals surface area contributed by atoms with E-state index in [1.807, 2.05) is 12.1 Å². The number of hydrogen-bond acceptors (Lipinski definition) is 4. The molecule has 7 heteroatoms. The zero-order valence-corrected chi connectivity index (χ0v) is 15.0. The summed E-state index contributed by atoms with van der Waals surface area (Å²) in [4.78, 5) is 25.7. The largest absolute Gasteiger partial charge is 0.396 e. The average Bonchev–Trinajstić information content (AvgIpc) is 3.28. The number of likely N-dealkylation sites (tertiary alicyclic amines) is 1. The molecule has 1 aromatic heterocycles. The van der Waals surface area contributed by atoms with Gasteiger partial charge in [0.15, 0.2) is 0 Å². The Morgan fingerprint density at radius 3 is 2.65 bits per heavy atom. The van der Waals surface area contributed by atoms with Crippen LogP contribution in [-0.2, 0) is 11.2 Å². The third-order valence-corrected chi connectivity index (χ3v) is 4.82. The Balaban J connectivity index is 1.72. The highest BCUT2D eigenvalue weighted by Gasteiger charge is 2.36. The van der Waals surface area contributed by atoms with Gasteiger partial charge in [-0.05, 0) is 18.1 Å². The summed E-state index contributed by atoms with van der Waals surface area (Å²) < 4.78 is 0. The summed E-state index contributed by atoms with van der Waals surface area (Å²) in [5.41, 5.74) is 3.31. The first-order valence-electron chi connectivity index (χ1n) is 8.83. The van der Waals surface area contributed by atoms with E-state index in [9.17, 15) is 14.7 Å². The first-order valence-corrected chi connectivity index (χ1v) is 8.83. The van der Waals surface area contributed by atoms with E-state index in [0.29, 0.717) is 24.5 Å². The second-order valence-corrected chi connectivity index (χ2v) is 6.68. The molecule has 2 amide bonds. The van der Waals surface area contributed by atoms with Gasteiger partial charge in [-0.3, -0.25) is 14.7 Å². The molecular weight excluding hydrogens is 332 g/mol. The number of aromatic amines is 1. The van der Waals surface area contributed by atoms with E-state index in [0.717, 1.165) is 12.0 Å². The Morgan fingerprint density at radius 2 is 2.04 bits per heavy atom. The Morgan fingerprint density at radius 1 is 1.31 bits per heavy atom. The van der Waals surface area contributed by atoms with Crippen LogP contribution in [0.1, 0.15) is 29.9 Å². The third-order valence-electron chi connectivity index (χ3n) is 4.82. The summed E-state index contributed by atoms with van der Waals surface area (Å²) in [6.07, 6.45) is 0.973. The fourth-order valence-corrected chi connectivity index (χ4v) is 3.31. The maximum absolute atomic E-state index is 12.7. The molecule has 1 fully saturated rings. The van der Waals surface area contributed by atoms with E-state index >= 15 is 0 Å². The van der Waals surface area contributed by atoms with Gasteiger partial charge in [-0.25, -0.2) is 0 Å². The zero-order chi connectivity index (χ0) is 18.7. The third kappa shape index (κ3) is 3.77. The van der Waals surface area contributed by atoms with Crippen molar-refractivity contribution < 1.29 is 14.7 Å². The number of carbonyl (C=O) groups excluding carboxylic acids is 2. The van der Waals surface area contributed by atoms with Crippen LogP contribution in [0.3, 0.4) is 0 Å². The number of hydrogen-bond donors (Lipinski definition) is 3. The molecule has 138 valence electrons. The molecule has 1 aromatic carbocycles. The number of aliphatic hydroxyl groups is 1. The van der Waals surface area contributed by atoms with E-state index in [-0.39, 0.29) is 30.4 Å². The van der Waals surface area contributed by atoms with Gasteiger partial charge in [0, 0.05) is 38.1 Å². The zero-order valence-electron chi connectivity index (χ0n) is 15.0. The molecular formula is C19H24N4O3. The highest BCUT2D eigenvalue weighted by Crippen LogP contribution is 2.22. The molecule has 0 radical (unpaired) electrons. The summed E-state index contributed by atoms with van der Waals surface area (Å²) in [5, 5.41) is 19.4. The molecule has 1 aliphatic rings. The van der Waals surface area contributed by atoms with Gasteiger partial charge in [0.05, 0.1) is 11.7 Å². The molecule has 2 aromatic rings. The maximum atomic E-state index is 12.7. The molecule has 7 nitrogen and oxygen atoms in total. The molecule has 1 saturated heterocycles. The number of nitrogens with one attached hydrogen (secondary N) is 2. The van der Waals surface area contributed by atoms with Crippen molar-refractivity contribution in [3.8, 4) is 11.3 Å². The summed E-state index contributed by atoms with van der Waals surface area (Å²) in [7, 11) is 0. The Labute approximate surface area is 152 Å². The van der Waals surface area contributed by atoms with Gasteiger partial charge in [-0.15, -0.1) is 0 Å². The molecule has 0 bridgehead atoms. The van der Waals surface area contributed by atoms with Crippen molar-refractivity contribution in [1.29, 1.82) is 0 Å². The Kier molecular flexibility index (Phi) is 5.37. The van der Waals surface area contributed by atoms with E-state index in [4.69, 9.17) is 0 Å². The molecule has 0 saturated carbocycles. The van der Waals surface area contributed by atoms with Crippen LogP contribution in [0, 0.1) is 5.92 Å². The summed E-state index contributed by atoms with van der Waals surface area (Å²) in [6.45, 7) is 4.24. The van der Waals surface area contributed by atoms with Crippen molar-refractivity contribution in [3.05, 3.63) is 41.6 Å². The fraction of sp³-hybridized carbons (Fsp3) is 0.421. The normalized spacial score (nSPS) is 19.6. The second kappa shape index (κ2) is 7.70. The molecule has 0 aliphatic carbocycles. The van der Waals surface area contributed by atoms with Crippen LogP contribution in [0.5, 0.6) is 0 Å². The van der Waals surface area contributed by atoms with Crippen LogP contribution >= 0.6 is 0 Å². The van der Waals surface area contributed by atoms with Gasteiger partial charge in [-0.1, -0.05) is 31.2 Å². The minimum atomic E-state index is -0.231. The summed E-state index contributed by atoms with van der Waals surface area (Å²) in [5.74, 6) is -0.505. The molecule has 26 heavy (non-hydrogen) atoms. The van der Waals surface area contributed by atoms with Crippen LogP contribution < -0.4 is 5.32 Å². The number of aliphatic hydroxyl groups excluding tert-OH is 1. The summed E-state index contributed by atoms with van der Waals surface area (Å²) in [6, 6.07) is 9.60. The van der Waals surface area contributed by atoms with Crippen molar-refractivity contribution >= 4 is 11.8 Å². The van der Waals surface area contributed by atoms with Crippen molar-refractivity contribution in [2.75, 3.05) is 19.7 Å². The first-order chi connectivity index (χ1) is 12.5. The van der Waals surface area contributed by atoms with Crippen LogP contribution in [0.2, 0.25) is 0 Å². The standard InChI is InChI=1S/C19H24N4O3/c1-3-13-4-6-14(7-5-13)16-8-17(22-21-16)19(26)23-9-15(11-24)18(10-23)20-12(2)25/h4-8,15,18,24H,3,9-11H2,1-2H3,(H,20,25)(H,21,22). The van der Waals surface area contributed by atoms with Gasteiger partial charge in [0.1, 0.15) is 5.69 Å². The van der Waals surface area contributed by atoms with Crippen molar-refractivity contribution in [2.24, 2.45) is 5.92 Å². The number of nitrogens with zero attached hydrogens (tertiary/aromatic N) is 2. The maximum Gasteiger partial charge on any atom is 0.271 e. The number of carbonyl (C=O) groups is 2. The van der Waals surface area contributed by atoms with Gasteiger partial charge >= 0.3 is 0 Å². The fourth-order valence-electron chi connectivity index (χ4n) is 3.31. The van der Waals surface area contributed by atoms with Crippen LogP contribution in [0.15, 0.2) is 30.3 Å². The lowest BCUT2D eigenvalue weighted by Gasteiger charge is -2.16. The van der Waals surface area contributed by atoms with Crippen molar-refractivity contribution in [2.45, 2.75) is 26.3 Å².